The molecular formula is C14H21NO3. The lowest BCUT2D eigenvalue weighted by Gasteiger charge is -2.20. The molecule has 4 heteroatoms. The van der Waals surface area contributed by atoms with Gasteiger partial charge < -0.3 is 9.67 Å². The van der Waals surface area contributed by atoms with Gasteiger partial charge in [-0.25, -0.2) is 4.79 Å². The van der Waals surface area contributed by atoms with E-state index >= 15 is 0 Å². The van der Waals surface area contributed by atoms with Gasteiger partial charge in [-0.2, -0.15) is 0 Å². The first-order valence-corrected chi connectivity index (χ1v) is 6.08. The maximum absolute atomic E-state index is 12.2. The normalized spacial score (nSPS) is 11.6. The van der Waals surface area contributed by atoms with E-state index in [1.807, 2.05) is 6.92 Å². The molecule has 0 unspecified atom stereocenters. The predicted octanol–water partition coefficient (Wildman–Crippen LogP) is 2.60. The first-order chi connectivity index (χ1) is 8.13. The summed E-state index contributed by atoms with van der Waals surface area (Å²) in [5.41, 5.74) is 0.933. The van der Waals surface area contributed by atoms with Gasteiger partial charge in [-0.1, -0.05) is 20.8 Å². The number of carboxylic acid groups (broad SMARTS) is 1. The minimum Gasteiger partial charge on any atom is -0.477 e. The molecule has 0 saturated heterocycles. The molecule has 0 spiro atoms. The molecule has 0 radical (unpaired) electrons. The number of aromatic carboxylic acids is 1. The first kappa shape index (κ1) is 14.5. The zero-order chi connectivity index (χ0) is 14.1. The minimum atomic E-state index is -1.15. The first-order valence-electron chi connectivity index (χ1n) is 6.08. The van der Waals surface area contributed by atoms with Gasteiger partial charge in [-0.15, -0.1) is 0 Å². The van der Waals surface area contributed by atoms with E-state index in [1.54, 1.807) is 17.6 Å². The molecule has 18 heavy (non-hydrogen) atoms. The van der Waals surface area contributed by atoms with Crippen molar-refractivity contribution in [1.29, 1.82) is 0 Å². The van der Waals surface area contributed by atoms with Crippen LogP contribution in [-0.4, -0.2) is 15.6 Å². The Hall–Kier alpha value is -1.58. The fourth-order valence-corrected chi connectivity index (χ4v) is 1.91. The third kappa shape index (κ3) is 3.22. The second-order valence-electron chi connectivity index (χ2n) is 5.92. The van der Waals surface area contributed by atoms with E-state index in [9.17, 15) is 9.59 Å². The Morgan fingerprint density at radius 2 is 1.89 bits per heavy atom. The zero-order valence-electron chi connectivity index (χ0n) is 11.7. The number of nitrogens with zero attached hydrogens (tertiary/aromatic N) is 1. The zero-order valence-corrected chi connectivity index (χ0v) is 11.7. The summed E-state index contributed by atoms with van der Waals surface area (Å²) in [6.45, 7) is 10.3. The number of carbonyl (C=O) groups is 1. The molecule has 0 saturated carbocycles. The average Bonchev–Trinajstić information content (AvgIpc) is 2.13. The molecule has 0 aliphatic carbocycles. The van der Waals surface area contributed by atoms with Crippen LogP contribution in [0.4, 0.5) is 0 Å². The molecule has 0 aliphatic heterocycles. The second-order valence-corrected chi connectivity index (χ2v) is 5.92. The number of pyridine rings is 1. The molecule has 1 aromatic heterocycles. The molecular weight excluding hydrogens is 230 g/mol. The van der Waals surface area contributed by atoms with Crippen molar-refractivity contribution >= 4 is 5.97 Å². The predicted molar refractivity (Wildman–Crippen MR) is 71.2 cm³/mol. The van der Waals surface area contributed by atoms with E-state index in [1.165, 1.54) is 0 Å². The molecule has 100 valence electrons. The van der Waals surface area contributed by atoms with Crippen LogP contribution in [0.3, 0.4) is 0 Å². The monoisotopic (exact) mass is 251 g/mol. The highest BCUT2D eigenvalue weighted by atomic mass is 16.4. The van der Waals surface area contributed by atoms with Gasteiger partial charge in [0, 0.05) is 12.2 Å². The number of hydrogen-bond donors (Lipinski definition) is 1. The summed E-state index contributed by atoms with van der Waals surface area (Å²) in [4.78, 5) is 23.2. The summed E-state index contributed by atoms with van der Waals surface area (Å²) in [5, 5.41) is 9.08. The second kappa shape index (κ2) is 4.96. The highest BCUT2D eigenvalue weighted by Crippen LogP contribution is 2.19. The largest absolute Gasteiger partial charge is 0.477 e. The molecule has 0 aliphatic rings. The Morgan fingerprint density at radius 1 is 1.33 bits per heavy atom. The quantitative estimate of drug-likeness (QED) is 0.898. The topological polar surface area (TPSA) is 59.3 Å². The summed E-state index contributed by atoms with van der Waals surface area (Å²) in [6.07, 6.45) is 0.829. The van der Waals surface area contributed by atoms with Gasteiger partial charge in [-0.05, 0) is 37.3 Å². The van der Waals surface area contributed by atoms with E-state index in [0.29, 0.717) is 12.1 Å². The number of carboxylic acids is 1. The minimum absolute atomic E-state index is 0.111. The molecule has 1 heterocycles. The summed E-state index contributed by atoms with van der Waals surface area (Å²) < 4.78 is 1.56. The van der Waals surface area contributed by atoms with Crippen LogP contribution in [0.5, 0.6) is 0 Å². The molecule has 4 nitrogen and oxygen atoms in total. The van der Waals surface area contributed by atoms with Crippen LogP contribution < -0.4 is 5.56 Å². The van der Waals surface area contributed by atoms with Gasteiger partial charge >= 0.3 is 5.97 Å². The van der Waals surface area contributed by atoms with Crippen molar-refractivity contribution in [3.8, 4) is 0 Å². The summed E-state index contributed by atoms with van der Waals surface area (Å²) in [5.74, 6) is -1.15. The molecule has 1 rings (SSSR count). The number of aryl methyl sites for hydroxylation is 2. The summed E-state index contributed by atoms with van der Waals surface area (Å²) >= 11 is 0. The Morgan fingerprint density at radius 3 is 2.33 bits per heavy atom. The van der Waals surface area contributed by atoms with Crippen molar-refractivity contribution in [2.75, 3.05) is 0 Å². The lowest BCUT2D eigenvalue weighted by atomic mass is 9.92. The van der Waals surface area contributed by atoms with Crippen molar-refractivity contribution in [2.45, 2.75) is 47.6 Å². The summed E-state index contributed by atoms with van der Waals surface area (Å²) in [6, 6.07) is 1.76. The lowest BCUT2D eigenvalue weighted by Crippen LogP contribution is -2.30. The van der Waals surface area contributed by atoms with Crippen LogP contribution in [0.25, 0.3) is 0 Å². The number of hydrogen-bond acceptors (Lipinski definition) is 2. The van der Waals surface area contributed by atoms with E-state index < -0.39 is 11.5 Å². The van der Waals surface area contributed by atoms with Crippen LogP contribution >= 0.6 is 0 Å². The van der Waals surface area contributed by atoms with E-state index in [4.69, 9.17) is 5.11 Å². The van der Waals surface area contributed by atoms with Crippen molar-refractivity contribution in [1.82, 2.24) is 4.57 Å². The molecule has 0 aromatic carbocycles. The molecule has 1 N–H and O–H groups in total. The highest BCUT2D eigenvalue weighted by Gasteiger charge is 2.18. The fourth-order valence-electron chi connectivity index (χ4n) is 1.91. The van der Waals surface area contributed by atoms with Gasteiger partial charge in [-0.3, -0.25) is 4.79 Å². The molecule has 0 bridgehead atoms. The standard InChI is InChI=1S/C14H21NO3/c1-9-8-10(2)15(7-6-14(3,4)5)12(16)11(9)13(17)18/h8H,6-7H2,1-5H3,(H,17,18). The van der Waals surface area contributed by atoms with Gasteiger partial charge in [0.15, 0.2) is 0 Å². The van der Waals surface area contributed by atoms with Crippen molar-refractivity contribution < 1.29 is 9.90 Å². The maximum Gasteiger partial charge on any atom is 0.341 e. The third-order valence-electron chi connectivity index (χ3n) is 3.00. The van der Waals surface area contributed by atoms with E-state index in [-0.39, 0.29) is 11.0 Å². The van der Waals surface area contributed by atoms with Crippen LogP contribution in [0.2, 0.25) is 0 Å². The maximum atomic E-state index is 12.2. The van der Waals surface area contributed by atoms with Crippen LogP contribution in [-0.2, 0) is 6.54 Å². The Labute approximate surface area is 107 Å². The average molecular weight is 251 g/mol. The van der Waals surface area contributed by atoms with Gasteiger partial charge in [0.1, 0.15) is 5.56 Å². The van der Waals surface area contributed by atoms with E-state index in [0.717, 1.165) is 12.1 Å². The summed E-state index contributed by atoms with van der Waals surface area (Å²) in [7, 11) is 0. The van der Waals surface area contributed by atoms with Crippen LogP contribution in [0.15, 0.2) is 10.9 Å². The van der Waals surface area contributed by atoms with Crippen molar-refractivity contribution in [3.63, 3.8) is 0 Å². The van der Waals surface area contributed by atoms with Gasteiger partial charge in [0.25, 0.3) is 5.56 Å². The third-order valence-corrected chi connectivity index (χ3v) is 3.00. The highest BCUT2D eigenvalue weighted by molar-refractivity contribution is 5.88. The SMILES string of the molecule is Cc1cc(C)n(CCC(C)(C)C)c(=O)c1C(=O)O. The Bertz CT molecular complexity index is 521. The van der Waals surface area contributed by atoms with Crippen LogP contribution in [0, 0.1) is 19.3 Å². The fraction of sp³-hybridized carbons (Fsp3) is 0.571. The van der Waals surface area contributed by atoms with Crippen LogP contribution in [0.1, 0.15) is 48.8 Å². The number of rotatable bonds is 3. The molecule has 0 amide bonds. The van der Waals surface area contributed by atoms with Gasteiger partial charge in [0.05, 0.1) is 0 Å². The lowest BCUT2D eigenvalue weighted by molar-refractivity contribution is 0.0693. The molecule has 1 aromatic rings. The molecule has 0 atom stereocenters. The van der Waals surface area contributed by atoms with Crippen molar-refractivity contribution in [2.24, 2.45) is 5.41 Å². The molecule has 0 fully saturated rings. The van der Waals surface area contributed by atoms with E-state index in [2.05, 4.69) is 20.8 Å². The number of aromatic nitrogens is 1. The Balaban J connectivity index is 3.25. The van der Waals surface area contributed by atoms with Gasteiger partial charge in [0.2, 0.25) is 0 Å². The van der Waals surface area contributed by atoms with Crippen molar-refractivity contribution in [3.05, 3.63) is 33.2 Å². The Kier molecular flexibility index (Phi) is 3.99. The smallest absolute Gasteiger partial charge is 0.341 e.